The minimum absolute atomic E-state index is 0.595. The van der Waals surface area contributed by atoms with Gasteiger partial charge in [-0.1, -0.05) is 12.1 Å². The molecule has 6 N–H and O–H groups in total. The lowest BCUT2D eigenvalue weighted by Gasteiger charge is -2.31. The van der Waals surface area contributed by atoms with Crippen molar-refractivity contribution in [3.63, 3.8) is 0 Å². The SMILES string of the molecule is Cc1cc2cc(CNC3=CC=NC(N)(Cc4ccc5[nH]c(C)cc5c4)N3)ccc2[nH]1. The van der Waals surface area contributed by atoms with Gasteiger partial charge in [-0.15, -0.1) is 0 Å². The van der Waals surface area contributed by atoms with Gasteiger partial charge >= 0.3 is 0 Å². The summed E-state index contributed by atoms with van der Waals surface area (Å²) in [6.45, 7) is 4.84. The quantitative estimate of drug-likeness (QED) is 0.355. The van der Waals surface area contributed by atoms with E-state index in [-0.39, 0.29) is 0 Å². The molecular formula is C24H26N6. The van der Waals surface area contributed by atoms with E-state index in [1.807, 2.05) is 6.08 Å². The van der Waals surface area contributed by atoms with Crippen molar-refractivity contribution in [2.45, 2.75) is 32.6 Å². The molecule has 6 nitrogen and oxygen atoms in total. The van der Waals surface area contributed by atoms with Crippen molar-refractivity contribution in [1.82, 2.24) is 20.6 Å². The molecule has 0 aliphatic carbocycles. The van der Waals surface area contributed by atoms with E-state index < -0.39 is 5.79 Å². The number of fused-ring (bicyclic) bond motifs is 2. The number of H-pyrrole nitrogens is 2. The Hall–Kier alpha value is -3.51. The van der Waals surface area contributed by atoms with Crippen LogP contribution in [0, 0.1) is 13.8 Å². The van der Waals surface area contributed by atoms with Crippen LogP contribution in [0.3, 0.4) is 0 Å². The zero-order valence-electron chi connectivity index (χ0n) is 17.2. The topological polar surface area (TPSA) is 94.0 Å². The third-order valence-corrected chi connectivity index (χ3v) is 5.49. The molecule has 30 heavy (non-hydrogen) atoms. The van der Waals surface area contributed by atoms with Crippen molar-refractivity contribution in [3.8, 4) is 0 Å². The molecule has 1 unspecified atom stereocenters. The molecule has 0 saturated carbocycles. The Morgan fingerprint density at radius 1 is 0.900 bits per heavy atom. The van der Waals surface area contributed by atoms with Crippen LogP contribution in [0.1, 0.15) is 22.5 Å². The average Bonchev–Trinajstić information content (AvgIpc) is 3.25. The summed E-state index contributed by atoms with van der Waals surface area (Å²) >= 11 is 0. The third-order valence-electron chi connectivity index (χ3n) is 5.49. The van der Waals surface area contributed by atoms with Crippen molar-refractivity contribution in [3.05, 3.63) is 82.9 Å². The molecule has 152 valence electrons. The lowest BCUT2D eigenvalue weighted by Crippen LogP contribution is -2.56. The number of aryl methyl sites for hydroxylation is 2. The summed E-state index contributed by atoms with van der Waals surface area (Å²) in [7, 11) is 0. The second-order valence-corrected chi connectivity index (χ2v) is 8.19. The zero-order valence-corrected chi connectivity index (χ0v) is 17.2. The van der Waals surface area contributed by atoms with Crippen LogP contribution < -0.4 is 16.4 Å². The number of aliphatic imine (C=N–C) groups is 1. The van der Waals surface area contributed by atoms with Gasteiger partial charge in [0.05, 0.1) is 0 Å². The van der Waals surface area contributed by atoms with E-state index in [1.54, 1.807) is 6.21 Å². The van der Waals surface area contributed by atoms with Gasteiger partial charge in [0.2, 0.25) is 0 Å². The summed E-state index contributed by atoms with van der Waals surface area (Å²) in [5, 5.41) is 9.22. The highest BCUT2D eigenvalue weighted by Gasteiger charge is 2.26. The Kier molecular flexibility index (Phi) is 4.37. The molecule has 2 aromatic carbocycles. The van der Waals surface area contributed by atoms with E-state index in [0.717, 1.165) is 28.1 Å². The van der Waals surface area contributed by atoms with Crippen LogP contribution >= 0.6 is 0 Å². The first kappa shape index (κ1) is 18.5. The molecule has 1 aliphatic rings. The minimum atomic E-state index is -0.877. The number of benzene rings is 2. The van der Waals surface area contributed by atoms with Crippen LogP contribution in [0.15, 0.2) is 65.4 Å². The molecular weight excluding hydrogens is 372 g/mol. The number of nitrogens with one attached hydrogen (secondary N) is 4. The number of nitrogens with zero attached hydrogens (tertiary/aromatic N) is 1. The van der Waals surface area contributed by atoms with Gasteiger partial charge < -0.3 is 20.6 Å². The Morgan fingerprint density at radius 2 is 1.53 bits per heavy atom. The molecule has 0 saturated heterocycles. The number of nitrogens with two attached hydrogens (primary N) is 1. The van der Waals surface area contributed by atoms with Gasteiger partial charge in [0.15, 0.2) is 5.79 Å². The highest BCUT2D eigenvalue weighted by Crippen LogP contribution is 2.21. The molecule has 4 aromatic rings. The number of hydrogen-bond donors (Lipinski definition) is 5. The third kappa shape index (κ3) is 3.69. The van der Waals surface area contributed by atoms with Gasteiger partial charge in [-0.25, -0.2) is 0 Å². The van der Waals surface area contributed by atoms with Crippen LogP contribution in [-0.4, -0.2) is 22.0 Å². The molecule has 6 heteroatoms. The maximum atomic E-state index is 6.58. The summed E-state index contributed by atoms with van der Waals surface area (Å²) < 4.78 is 0. The number of rotatable bonds is 5. The molecule has 0 spiro atoms. The van der Waals surface area contributed by atoms with Crippen LogP contribution in [0.4, 0.5) is 0 Å². The number of aromatic nitrogens is 2. The lowest BCUT2D eigenvalue weighted by atomic mass is 10.0. The fourth-order valence-corrected chi connectivity index (χ4v) is 4.13. The second-order valence-electron chi connectivity index (χ2n) is 8.19. The number of hydrogen-bond acceptors (Lipinski definition) is 4. The number of allylic oxidation sites excluding steroid dienone is 1. The Labute approximate surface area is 175 Å². The molecule has 0 bridgehead atoms. The fourth-order valence-electron chi connectivity index (χ4n) is 4.13. The predicted octanol–water partition coefficient (Wildman–Crippen LogP) is 3.73. The summed E-state index contributed by atoms with van der Waals surface area (Å²) in [5.41, 5.74) is 13.6. The van der Waals surface area contributed by atoms with Crippen molar-refractivity contribution in [2.24, 2.45) is 10.7 Å². The fraction of sp³-hybridized carbons (Fsp3) is 0.208. The minimum Gasteiger partial charge on any atom is -0.368 e. The van der Waals surface area contributed by atoms with Gasteiger partial charge in [0.1, 0.15) is 5.82 Å². The lowest BCUT2D eigenvalue weighted by molar-refractivity contribution is 0.366. The van der Waals surface area contributed by atoms with Crippen molar-refractivity contribution in [2.75, 3.05) is 0 Å². The summed E-state index contributed by atoms with van der Waals surface area (Å²) in [4.78, 5) is 11.2. The first-order valence-corrected chi connectivity index (χ1v) is 10.2. The largest absolute Gasteiger partial charge is 0.368 e. The highest BCUT2D eigenvalue weighted by atomic mass is 15.3. The number of aromatic amines is 2. The standard InChI is InChI=1S/C24H26N6/c1-15-9-19-11-17(3-5-21(19)28-15)13-24(25)27-8-7-23(30-24)26-14-18-4-6-22-20(12-18)10-16(2)29-22/h3-12,26,28-30H,13-14,25H2,1-2H3. The highest BCUT2D eigenvalue weighted by molar-refractivity contribution is 5.82. The van der Waals surface area contributed by atoms with Crippen molar-refractivity contribution >= 4 is 28.0 Å². The maximum absolute atomic E-state index is 6.58. The first-order chi connectivity index (χ1) is 14.5. The molecule has 0 fully saturated rings. The van der Waals surface area contributed by atoms with Crippen LogP contribution in [-0.2, 0) is 13.0 Å². The van der Waals surface area contributed by atoms with Gasteiger partial charge in [-0.2, -0.15) is 0 Å². The second kappa shape index (κ2) is 7.07. The normalized spacial score (nSPS) is 18.6. The van der Waals surface area contributed by atoms with Gasteiger partial charge in [-0.05, 0) is 78.2 Å². The van der Waals surface area contributed by atoms with E-state index in [9.17, 15) is 0 Å². The van der Waals surface area contributed by atoms with Crippen LogP contribution in [0.2, 0.25) is 0 Å². The smallest absolute Gasteiger partial charge is 0.187 e. The predicted molar refractivity (Wildman–Crippen MR) is 123 cm³/mol. The van der Waals surface area contributed by atoms with Gasteiger partial charge in [0.25, 0.3) is 0 Å². The Bertz CT molecular complexity index is 1290. The summed E-state index contributed by atoms with van der Waals surface area (Å²) in [5.74, 6) is -0.00549. The maximum Gasteiger partial charge on any atom is 0.187 e. The summed E-state index contributed by atoms with van der Waals surface area (Å²) in [6.07, 6.45) is 4.29. The van der Waals surface area contributed by atoms with Crippen LogP contribution in [0.5, 0.6) is 0 Å². The summed E-state index contributed by atoms with van der Waals surface area (Å²) in [6, 6.07) is 17.1. The zero-order chi connectivity index (χ0) is 20.7. The van der Waals surface area contributed by atoms with E-state index in [1.165, 1.54) is 22.0 Å². The van der Waals surface area contributed by atoms with E-state index in [0.29, 0.717) is 13.0 Å². The van der Waals surface area contributed by atoms with Crippen LogP contribution in [0.25, 0.3) is 21.8 Å². The average molecular weight is 399 g/mol. The van der Waals surface area contributed by atoms with Gasteiger partial charge in [0, 0.05) is 41.6 Å². The van der Waals surface area contributed by atoms with E-state index in [4.69, 9.17) is 5.73 Å². The molecule has 5 rings (SSSR count). The molecule has 2 aromatic heterocycles. The molecule has 0 radical (unpaired) electrons. The molecule has 1 aliphatic heterocycles. The Morgan fingerprint density at radius 3 is 2.23 bits per heavy atom. The first-order valence-electron chi connectivity index (χ1n) is 10.2. The monoisotopic (exact) mass is 398 g/mol. The van der Waals surface area contributed by atoms with Crippen molar-refractivity contribution < 1.29 is 0 Å². The van der Waals surface area contributed by atoms with E-state index >= 15 is 0 Å². The molecule has 1 atom stereocenters. The van der Waals surface area contributed by atoms with Crippen molar-refractivity contribution in [1.29, 1.82) is 0 Å². The molecule has 3 heterocycles. The van der Waals surface area contributed by atoms with Gasteiger partial charge in [-0.3, -0.25) is 10.7 Å². The van der Waals surface area contributed by atoms with E-state index in [2.05, 4.69) is 88.0 Å². The molecule has 0 amide bonds. The Balaban J connectivity index is 1.26.